The van der Waals surface area contributed by atoms with Crippen LogP contribution in [0.1, 0.15) is 32.3 Å². The molecular formula is C14H20ClNO2. The van der Waals surface area contributed by atoms with E-state index in [1.165, 1.54) is 0 Å². The second-order valence-electron chi connectivity index (χ2n) is 4.39. The van der Waals surface area contributed by atoms with E-state index in [-0.39, 0.29) is 0 Å². The van der Waals surface area contributed by atoms with Crippen LogP contribution in [-0.4, -0.2) is 23.7 Å². The van der Waals surface area contributed by atoms with E-state index >= 15 is 0 Å². The first-order valence-corrected chi connectivity index (χ1v) is 6.64. The minimum Gasteiger partial charge on any atom is -0.480 e. The lowest BCUT2D eigenvalue weighted by molar-refractivity contribution is -0.138. The lowest BCUT2D eigenvalue weighted by atomic mass is 10.1. The van der Waals surface area contributed by atoms with Crippen molar-refractivity contribution >= 4 is 23.3 Å². The predicted octanol–water partition coefficient (Wildman–Crippen LogP) is 3.73. The Morgan fingerprint density at radius 3 is 2.61 bits per heavy atom. The molecule has 0 spiro atoms. The molecule has 18 heavy (non-hydrogen) atoms. The maximum absolute atomic E-state index is 11.3. The average molecular weight is 270 g/mol. The molecule has 0 radical (unpaired) electrons. The van der Waals surface area contributed by atoms with Crippen LogP contribution in [0.15, 0.2) is 18.2 Å². The summed E-state index contributed by atoms with van der Waals surface area (Å²) in [5, 5.41) is 9.95. The summed E-state index contributed by atoms with van der Waals surface area (Å²) in [4.78, 5) is 13.3. The van der Waals surface area contributed by atoms with Crippen LogP contribution in [0.4, 0.5) is 5.69 Å². The fraction of sp³-hybridized carbons (Fsp3) is 0.500. The Balaban J connectivity index is 3.17. The molecule has 1 aromatic carbocycles. The number of aliphatic carboxylic acids is 1. The molecule has 0 aliphatic rings. The molecule has 0 bridgehead atoms. The van der Waals surface area contributed by atoms with Crippen LogP contribution < -0.4 is 4.90 Å². The van der Waals surface area contributed by atoms with Crippen LogP contribution >= 0.6 is 11.6 Å². The van der Waals surface area contributed by atoms with Gasteiger partial charge < -0.3 is 10.0 Å². The van der Waals surface area contributed by atoms with E-state index in [1.54, 1.807) is 0 Å². The Labute approximate surface area is 113 Å². The third-order valence-corrected chi connectivity index (χ3v) is 3.23. The van der Waals surface area contributed by atoms with Crippen LogP contribution in [0.25, 0.3) is 0 Å². The molecule has 0 aliphatic carbocycles. The molecule has 1 aromatic rings. The van der Waals surface area contributed by atoms with Gasteiger partial charge in [0.1, 0.15) is 6.04 Å². The fourth-order valence-corrected chi connectivity index (χ4v) is 2.27. The number of halogens is 1. The standard InChI is InChI=1S/C14H20ClNO2/c1-4-8-16(12(5-2)14(17)18)13-9-11(15)7-6-10(13)3/h6-7,9,12H,4-5,8H2,1-3H3,(H,17,18)/t12-/m0/s1. The summed E-state index contributed by atoms with van der Waals surface area (Å²) in [6.45, 7) is 6.62. The highest BCUT2D eigenvalue weighted by molar-refractivity contribution is 6.30. The van der Waals surface area contributed by atoms with Crippen molar-refractivity contribution in [1.29, 1.82) is 0 Å². The number of aryl methyl sites for hydroxylation is 1. The van der Waals surface area contributed by atoms with Crippen LogP contribution in [0, 0.1) is 6.92 Å². The first-order chi connectivity index (χ1) is 8.51. The zero-order chi connectivity index (χ0) is 13.7. The smallest absolute Gasteiger partial charge is 0.326 e. The van der Waals surface area contributed by atoms with Crippen LogP contribution in [-0.2, 0) is 4.79 Å². The molecular weight excluding hydrogens is 250 g/mol. The summed E-state index contributed by atoms with van der Waals surface area (Å²) >= 11 is 6.01. The van der Waals surface area contributed by atoms with Crippen molar-refractivity contribution in [2.45, 2.75) is 39.7 Å². The zero-order valence-electron chi connectivity index (χ0n) is 11.1. The van der Waals surface area contributed by atoms with Gasteiger partial charge >= 0.3 is 5.97 Å². The van der Waals surface area contributed by atoms with Gasteiger partial charge in [0.15, 0.2) is 0 Å². The van der Waals surface area contributed by atoms with E-state index in [4.69, 9.17) is 11.6 Å². The number of carboxylic acids is 1. The molecule has 100 valence electrons. The minimum atomic E-state index is -0.787. The lowest BCUT2D eigenvalue weighted by Crippen LogP contribution is -2.41. The van der Waals surface area contributed by atoms with E-state index in [2.05, 4.69) is 0 Å². The Morgan fingerprint density at radius 1 is 1.44 bits per heavy atom. The molecule has 0 unspecified atom stereocenters. The number of carboxylic acid groups (broad SMARTS) is 1. The van der Waals surface area contributed by atoms with Crippen LogP contribution in [0.5, 0.6) is 0 Å². The Bertz CT molecular complexity index is 420. The molecule has 0 heterocycles. The summed E-state index contributed by atoms with van der Waals surface area (Å²) < 4.78 is 0. The largest absolute Gasteiger partial charge is 0.480 e. The number of carbonyl (C=O) groups is 1. The lowest BCUT2D eigenvalue weighted by Gasteiger charge is -2.31. The second kappa shape index (κ2) is 6.64. The van der Waals surface area contributed by atoms with Gasteiger partial charge in [-0.05, 0) is 37.5 Å². The van der Waals surface area contributed by atoms with Crippen molar-refractivity contribution < 1.29 is 9.90 Å². The first kappa shape index (κ1) is 14.8. The van der Waals surface area contributed by atoms with Gasteiger partial charge in [0, 0.05) is 17.3 Å². The summed E-state index contributed by atoms with van der Waals surface area (Å²) in [5.41, 5.74) is 1.96. The van der Waals surface area contributed by atoms with E-state index in [9.17, 15) is 9.90 Å². The molecule has 0 aliphatic heterocycles. The highest BCUT2D eigenvalue weighted by Crippen LogP contribution is 2.27. The van der Waals surface area contributed by atoms with Gasteiger partial charge in [-0.2, -0.15) is 0 Å². The van der Waals surface area contributed by atoms with Gasteiger partial charge in [0.2, 0.25) is 0 Å². The molecule has 3 nitrogen and oxygen atoms in total. The van der Waals surface area contributed by atoms with Crippen molar-refractivity contribution in [3.05, 3.63) is 28.8 Å². The molecule has 1 atom stereocenters. The van der Waals surface area contributed by atoms with E-state index in [0.29, 0.717) is 18.0 Å². The van der Waals surface area contributed by atoms with Crippen molar-refractivity contribution in [1.82, 2.24) is 0 Å². The highest BCUT2D eigenvalue weighted by atomic mass is 35.5. The monoisotopic (exact) mass is 269 g/mol. The molecule has 0 amide bonds. The third-order valence-electron chi connectivity index (χ3n) is 2.99. The van der Waals surface area contributed by atoms with Crippen molar-refractivity contribution in [2.75, 3.05) is 11.4 Å². The molecule has 0 fully saturated rings. The van der Waals surface area contributed by atoms with Crippen LogP contribution in [0.3, 0.4) is 0 Å². The molecule has 0 aromatic heterocycles. The first-order valence-electron chi connectivity index (χ1n) is 6.26. The van der Waals surface area contributed by atoms with Gasteiger partial charge in [0.25, 0.3) is 0 Å². The molecule has 0 saturated heterocycles. The number of nitrogens with zero attached hydrogens (tertiary/aromatic N) is 1. The summed E-state index contributed by atoms with van der Waals surface area (Å²) in [7, 11) is 0. The molecule has 4 heteroatoms. The summed E-state index contributed by atoms with van der Waals surface area (Å²) in [5.74, 6) is -0.787. The molecule has 0 saturated carbocycles. The maximum atomic E-state index is 11.3. The van der Waals surface area contributed by atoms with Gasteiger partial charge in [-0.3, -0.25) is 0 Å². The van der Waals surface area contributed by atoms with Gasteiger partial charge in [0.05, 0.1) is 0 Å². The van der Waals surface area contributed by atoms with Crippen molar-refractivity contribution in [3.8, 4) is 0 Å². The minimum absolute atomic E-state index is 0.498. The fourth-order valence-electron chi connectivity index (χ4n) is 2.11. The topological polar surface area (TPSA) is 40.5 Å². The molecule has 1 N–H and O–H groups in total. The SMILES string of the molecule is CCCN(c1cc(Cl)ccc1C)[C@@H](CC)C(=O)O. The Morgan fingerprint density at radius 2 is 2.11 bits per heavy atom. The maximum Gasteiger partial charge on any atom is 0.326 e. The summed E-state index contributed by atoms with van der Waals surface area (Å²) in [6.07, 6.45) is 1.47. The van der Waals surface area contributed by atoms with Gasteiger partial charge in [-0.1, -0.05) is 31.5 Å². The summed E-state index contributed by atoms with van der Waals surface area (Å²) in [6, 6.07) is 5.10. The van der Waals surface area contributed by atoms with E-state index in [1.807, 2.05) is 43.9 Å². The highest BCUT2D eigenvalue weighted by Gasteiger charge is 2.24. The quantitative estimate of drug-likeness (QED) is 0.855. The number of anilines is 1. The van der Waals surface area contributed by atoms with Crippen molar-refractivity contribution in [2.24, 2.45) is 0 Å². The number of hydrogen-bond acceptors (Lipinski definition) is 2. The van der Waals surface area contributed by atoms with Gasteiger partial charge in [-0.25, -0.2) is 4.79 Å². The second-order valence-corrected chi connectivity index (χ2v) is 4.82. The van der Waals surface area contributed by atoms with E-state index in [0.717, 1.165) is 17.7 Å². The number of rotatable bonds is 6. The molecule has 1 rings (SSSR count). The van der Waals surface area contributed by atoms with Crippen molar-refractivity contribution in [3.63, 3.8) is 0 Å². The van der Waals surface area contributed by atoms with E-state index < -0.39 is 12.0 Å². The number of benzene rings is 1. The Kier molecular flexibility index (Phi) is 5.48. The third kappa shape index (κ3) is 3.39. The Hall–Kier alpha value is -1.22. The normalized spacial score (nSPS) is 12.2. The zero-order valence-corrected chi connectivity index (χ0v) is 11.9. The van der Waals surface area contributed by atoms with Crippen LogP contribution in [0.2, 0.25) is 5.02 Å². The number of hydrogen-bond donors (Lipinski definition) is 1. The average Bonchev–Trinajstić information content (AvgIpc) is 2.32. The predicted molar refractivity (Wildman–Crippen MR) is 75.5 cm³/mol. The van der Waals surface area contributed by atoms with Gasteiger partial charge in [-0.15, -0.1) is 0 Å².